The molecule has 0 aliphatic carbocycles. The first-order valence-electron chi connectivity index (χ1n) is 7.74. The van der Waals surface area contributed by atoms with Crippen LogP contribution in [-0.2, 0) is 4.74 Å². The standard InChI is InChI=1S/C18H18BrN3O2/c19-16-5-3-15(4-6-16)18(23)21-20-13-14-1-7-17(8-2-14)22-9-11-24-12-10-22/h1-8,13H,9-12H2,(H,21,23). The topological polar surface area (TPSA) is 53.9 Å². The van der Waals surface area contributed by atoms with Gasteiger partial charge in [0, 0.05) is 28.8 Å². The Kier molecular flexibility index (Phi) is 5.61. The number of carbonyl (C=O) groups excluding carboxylic acids is 1. The molecule has 24 heavy (non-hydrogen) atoms. The molecule has 1 aliphatic rings. The lowest BCUT2D eigenvalue weighted by Gasteiger charge is -2.28. The SMILES string of the molecule is O=C(NN=Cc1ccc(N2CCOCC2)cc1)c1ccc(Br)cc1. The second-order valence-electron chi connectivity index (χ2n) is 5.40. The van der Waals surface area contributed by atoms with Crippen molar-refractivity contribution in [1.29, 1.82) is 0 Å². The van der Waals surface area contributed by atoms with Crippen LogP contribution in [0, 0.1) is 0 Å². The van der Waals surface area contributed by atoms with E-state index in [9.17, 15) is 4.79 Å². The van der Waals surface area contributed by atoms with Crippen molar-refractivity contribution in [3.63, 3.8) is 0 Å². The molecule has 1 saturated heterocycles. The minimum atomic E-state index is -0.233. The van der Waals surface area contributed by atoms with Gasteiger partial charge in [0.05, 0.1) is 19.4 Å². The van der Waals surface area contributed by atoms with Crippen molar-refractivity contribution < 1.29 is 9.53 Å². The van der Waals surface area contributed by atoms with E-state index in [1.807, 2.05) is 24.3 Å². The predicted octanol–water partition coefficient (Wildman–Crippen LogP) is 3.05. The van der Waals surface area contributed by atoms with Gasteiger partial charge in [-0.3, -0.25) is 4.79 Å². The summed E-state index contributed by atoms with van der Waals surface area (Å²) in [6.07, 6.45) is 1.64. The fourth-order valence-electron chi connectivity index (χ4n) is 2.42. The van der Waals surface area contributed by atoms with E-state index in [0.717, 1.165) is 36.3 Å². The third kappa shape index (κ3) is 4.43. The molecule has 124 valence electrons. The Morgan fingerprint density at radius 1 is 1.08 bits per heavy atom. The molecule has 2 aromatic rings. The van der Waals surface area contributed by atoms with Crippen molar-refractivity contribution in [2.45, 2.75) is 0 Å². The molecule has 2 aromatic carbocycles. The molecule has 1 amide bonds. The van der Waals surface area contributed by atoms with E-state index >= 15 is 0 Å². The smallest absolute Gasteiger partial charge is 0.271 e. The highest BCUT2D eigenvalue weighted by Gasteiger charge is 2.10. The highest BCUT2D eigenvalue weighted by Crippen LogP contribution is 2.16. The van der Waals surface area contributed by atoms with Crippen molar-refractivity contribution in [3.8, 4) is 0 Å². The molecule has 0 atom stereocenters. The van der Waals surface area contributed by atoms with Crippen LogP contribution in [-0.4, -0.2) is 38.4 Å². The first-order valence-corrected chi connectivity index (χ1v) is 8.53. The molecule has 0 spiro atoms. The lowest BCUT2D eigenvalue weighted by atomic mass is 10.2. The Hall–Kier alpha value is -2.18. The summed E-state index contributed by atoms with van der Waals surface area (Å²) in [5.74, 6) is -0.233. The van der Waals surface area contributed by atoms with Crippen molar-refractivity contribution in [1.82, 2.24) is 5.43 Å². The molecule has 0 unspecified atom stereocenters. The summed E-state index contributed by atoms with van der Waals surface area (Å²) in [5.41, 5.74) is 5.21. The number of benzene rings is 2. The third-order valence-corrected chi connectivity index (χ3v) is 4.28. The van der Waals surface area contributed by atoms with Crippen LogP contribution in [0.4, 0.5) is 5.69 Å². The van der Waals surface area contributed by atoms with Gasteiger partial charge < -0.3 is 9.64 Å². The van der Waals surface area contributed by atoms with Crippen molar-refractivity contribution in [2.24, 2.45) is 5.10 Å². The summed E-state index contributed by atoms with van der Waals surface area (Å²) < 4.78 is 6.29. The van der Waals surface area contributed by atoms with Gasteiger partial charge in [0.25, 0.3) is 5.91 Å². The van der Waals surface area contributed by atoms with Gasteiger partial charge in [-0.15, -0.1) is 0 Å². The lowest BCUT2D eigenvalue weighted by Crippen LogP contribution is -2.36. The fraction of sp³-hybridized carbons (Fsp3) is 0.222. The number of halogens is 1. The number of carbonyl (C=O) groups is 1. The van der Waals surface area contributed by atoms with E-state index in [1.165, 1.54) is 5.69 Å². The Bertz CT molecular complexity index is 708. The van der Waals surface area contributed by atoms with Crippen LogP contribution >= 0.6 is 15.9 Å². The number of hydrogen-bond donors (Lipinski definition) is 1. The molecule has 0 bridgehead atoms. The maximum Gasteiger partial charge on any atom is 0.271 e. The molecule has 1 aliphatic heterocycles. The van der Waals surface area contributed by atoms with Crippen LogP contribution in [0.3, 0.4) is 0 Å². The van der Waals surface area contributed by atoms with Crippen LogP contribution in [0.25, 0.3) is 0 Å². The molecular formula is C18H18BrN3O2. The Morgan fingerprint density at radius 2 is 1.75 bits per heavy atom. The molecule has 0 radical (unpaired) electrons. The van der Waals surface area contributed by atoms with Gasteiger partial charge in [-0.25, -0.2) is 5.43 Å². The first kappa shape index (κ1) is 16.7. The maximum atomic E-state index is 11.9. The molecule has 6 heteroatoms. The molecular weight excluding hydrogens is 370 g/mol. The number of hydrogen-bond acceptors (Lipinski definition) is 4. The van der Waals surface area contributed by atoms with E-state index in [1.54, 1.807) is 18.3 Å². The van der Waals surface area contributed by atoms with E-state index in [-0.39, 0.29) is 5.91 Å². The summed E-state index contributed by atoms with van der Waals surface area (Å²) in [5, 5.41) is 4.01. The molecule has 1 N–H and O–H groups in total. The van der Waals surface area contributed by atoms with E-state index in [0.29, 0.717) is 5.56 Å². The predicted molar refractivity (Wildman–Crippen MR) is 98.7 cm³/mol. The Labute approximate surface area is 149 Å². The van der Waals surface area contributed by atoms with Crippen LogP contribution < -0.4 is 10.3 Å². The summed E-state index contributed by atoms with van der Waals surface area (Å²) in [6.45, 7) is 3.37. The number of morpholine rings is 1. The zero-order valence-electron chi connectivity index (χ0n) is 13.1. The summed E-state index contributed by atoms with van der Waals surface area (Å²) in [7, 11) is 0. The van der Waals surface area contributed by atoms with Gasteiger partial charge in [-0.1, -0.05) is 28.1 Å². The third-order valence-electron chi connectivity index (χ3n) is 3.76. The van der Waals surface area contributed by atoms with E-state index < -0.39 is 0 Å². The average molecular weight is 388 g/mol. The van der Waals surface area contributed by atoms with Crippen molar-refractivity contribution >= 4 is 33.7 Å². The fourth-order valence-corrected chi connectivity index (χ4v) is 2.69. The summed E-state index contributed by atoms with van der Waals surface area (Å²) >= 11 is 3.34. The first-order chi connectivity index (χ1) is 11.7. The molecule has 5 nitrogen and oxygen atoms in total. The van der Waals surface area contributed by atoms with Crippen LogP contribution in [0.2, 0.25) is 0 Å². The zero-order chi connectivity index (χ0) is 16.8. The van der Waals surface area contributed by atoms with E-state index in [2.05, 4.69) is 43.5 Å². The number of amides is 1. The van der Waals surface area contributed by atoms with Crippen LogP contribution in [0.1, 0.15) is 15.9 Å². The van der Waals surface area contributed by atoms with Gasteiger partial charge in [-0.05, 0) is 42.0 Å². The maximum absolute atomic E-state index is 11.9. The number of hydrazone groups is 1. The minimum Gasteiger partial charge on any atom is -0.378 e. The summed E-state index contributed by atoms with van der Waals surface area (Å²) in [4.78, 5) is 14.2. The normalized spacial score (nSPS) is 14.8. The van der Waals surface area contributed by atoms with Crippen molar-refractivity contribution in [2.75, 3.05) is 31.2 Å². The number of nitrogens with one attached hydrogen (secondary N) is 1. The second kappa shape index (κ2) is 8.08. The molecule has 3 rings (SSSR count). The minimum absolute atomic E-state index is 0.233. The highest BCUT2D eigenvalue weighted by molar-refractivity contribution is 9.10. The largest absolute Gasteiger partial charge is 0.378 e. The van der Waals surface area contributed by atoms with Crippen molar-refractivity contribution in [3.05, 3.63) is 64.1 Å². The quantitative estimate of drug-likeness (QED) is 0.647. The zero-order valence-corrected chi connectivity index (χ0v) is 14.7. The second-order valence-corrected chi connectivity index (χ2v) is 6.31. The van der Waals surface area contributed by atoms with Gasteiger partial charge >= 0.3 is 0 Å². The number of ether oxygens (including phenoxy) is 1. The number of nitrogens with zero attached hydrogens (tertiary/aromatic N) is 2. The van der Waals surface area contributed by atoms with Crippen LogP contribution in [0.5, 0.6) is 0 Å². The number of anilines is 1. The molecule has 0 saturated carbocycles. The van der Waals surface area contributed by atoms with Gasteiger partial charge in [0.1, 0.15) is 0 Å². The van der Waals surface area contributed by atoms with Gasteiger partial charge in [0.15, 0.2) is 0 Å². The molecule has 1 heterocycles. The highest BCUT2D eigenvalue weighted by atomic mass is 79.9. The Balaban J connectivity index is 1.56. The molecule has 0 aromatic heterocycles. The molecule has 1 fully saturated rings. The summed E-state index contributed by atoms with van der Waals surface area (Å²) in [6, 6.07) is 15.2. The monoisotopic (exact) mass is 387 g/mol. The Morgan fingerprint density at radius 3 is 2.42 bits per heavy atom. The van der Waals surface area contributed by atoms with E-state index in [4.69, 9.17) is 4.74 Å². The number of rotatable bonds is 4. The average Bonchev–Trinajstić information content (AvgIpc) is 2.63. The van der Waals surface area contributed by atoms with Gasteiger partial charge in [0.2, 0.25) is 0 Å². The lowest BCUT2D eigenvalue weighted by molar-refractivity contribution is 0.0955. The van der Waals surface area contributed by atoms with Gasteiger partial charge in [-0.2, -0.15) is 5.10 Å². The van der Waals surface area contributed by atoms with Crippen LogP contribution in [0.15, 0.2) is 58.1 Å².